The van der Waals surface area contributed by atoms with E-state index in [2.05, 4.69) is 10.3 Å². The van der Waals surface area contributed by atoms with Crippen molar-refractivity contribution in [3.8, 4) is 5.69 Å². The molecule has 1 N–H and O–H groups in total. The Labute approximate surface area is 173 Å². The molecule has 1 fully saturated rings. The van der Waals surface area contributed by atoms with Crippen molar-refractivity contribution in [3.63, 3.8) is 0 Å². The number of pyridine rings is 1. The third kappa shape index (κ3) is 3.44. The van der Waals surface area contributed by atoms with Gasteiger partial charge in [0.05, 0.1) is 23.5 Å². The van der Waals surface area contributed by atoms with E-state index in [1.165, 1.54) is 10.9 Å². The first-order chi connectivity index (χ1) is 14.7. The third-order valence-electron chi connectivity index (χ3n) is 5.59. The molecule has 1 aliphatic heterocycles. The zero-order valence-electron chi connectivity index (χ0n) is 16.3. The number of carbonyl (C=O) groups is 1. The molecule has 1 aliphatic rings. The van der Waals surface area contributed by atoms with E-state index in [-0.39, 0.29) is 18.4 Å². The number of para-hydroxylation sites is 2. The number of amides is 1. The van der Waals surface area contributed by atoms with Crippen LogP contribution in [0, 0.1) is 5.92 Å². The monoisotopic (exact) mass is 399 g/mol. The molecule has 2 atom stereocenters. The average Bonchev–Trinajstić information content (AvgIpc) is 3.41. The second-order valence-electron chi connectivity index (χ2n) is 7.60. The molecule has 150 valence electrons. The fourth-order valence-electron chi connectivity index (χ4n) is 4.01. The SMILES string of the molecule is O=C(c1cnnn1-c1ccccc1)N1C[C@@H](Cc2ccc3ccccc3n2)[C@H](O)C1. The predicted octanol–water partition coefficient (Wildman–Crippen LogP) is 2.49. The van der Waals surface area contributed by atoms with Gasteiger partial charge in [0.25, 0.3) is 5.91 Å². The summed E-state index contributed by atoms with van der Waals surface area (Å²) in [4.78, 5) is 19.5. The smallest absolute Gasteiger partial charge is 0.274 e. The van der Waals surface area contributed by atoms with E-state index in [1.807, 2.05) is 66.7 Å². The average molecular weight is 399 g/mol. The number of carbonyl (C=O) groups excluding carboxylic acids is 1. The molecule has 5 rings (SSSR count). The molecule has 3 heterocycles. The van der Waals surface area contributed by atoms with Crippen molar-refractivity contribution in [3.05, 3.63) is 84.3 Å². The van der Waals surface area contributed by atoms with Crippen LogP contribution in [0.4, 0.5) is 0 Å². The summed E-state index contributed by atoms with van der Waals surface area (Å²) in [7, 11) is 0. The Bertz CT molecular complexity index is 1190. The summed E-state index contributed by atoms with van der Waals surface area (Å²) in [5, 5.41) is 19.7. The second-order valence-corrected chi connectivity index (χ2v) is 7.60. The van der Waals surface area contributed by atoms with E-state index in [4.69, 9.17) is 4.98 Å². The van der Waals surface area contributed by atoms with Gasteiger partial charge in [0.15, 0.2) is 5.69 Å². The van der Waals surface area contributed by atoms with E-state index in [0.29, 0.717) is 18.7 Å². The molecular weight excluding hydrogens is 378 g/mol. The molecule has 1 saturated heterocycles. The largest absolute Gasteiger partial charge is 0.391 e. The van der Waals surface area contributed by atoms with Crippen LogP contribution in [-0.2, 0) is 6.42 Å². The lowest BCUT2D eigenvalue weighted by atomic mass is 9.99. The van der Waals surface area contributed by atoms with Gasteiger partial charge in [-0.3, -0.25) is 9.78 Å². The number of likely N-dealkylation sites (tertiary alicyclic amines) is 1. The number of benzene rings is 2. The van der Waals surface area contributed by atoms with Crippen LogP contribution in [0.1, 0.15) is 16.2 Å². The minimum atomic E-state index is -0.594. The Morgan fingerprint density at radius 1 is 1.00 bits per heavy atom. The van der Waals surface area contributed by atoms with E-state index in [0.717, 1.165) is 22.3 Å². The van der Waals surface area contributed by atoms with Crippen molar-refractivity contribution < 1.29 is 9.90 Å². The summed E-state index contributed by atoms with van der Waals surface area (Å²) in [6, 6.07) is 21.4. The van der Waals surface area contributed by atoms with Gasteiger partial charge in [-0.1, -0.05) is 47.7 Å². The van der Waals surface area contributed by atoms with Gasteiger partial charge in [-0.15, -0.1) is 5.10 Å². The number of aromatic nitrogens is 4. The van der Waals surface area contributed by atoms with Gasteiger partial charge in [0.2, 0.25) is 0 Å². The van der Waals surface area contributed by atoms with Crippen LogP contribution in [0.15, 0.2) is 72.9 Å². The fraction of sp³-hybridized carbons (Fsp3) is 0.217. The Morgan fingerprint density at radius 3 is 2.67 bits per heavy atom. The van der Waals surface area contributed by atoms with Gasteiger partial charge < -0.3 is 10.0 Å². The van der Waals surface area contributed by atoms with Crippen molar-refractivity contribution >= 4 is 16.8 Å². The number of fused-ring (bicyclic) bond motifs is 1. The van der Waals surface area contributed by atoms with E-state index in [9.17, 15) is 9.90 Å². The van der Waals surface area contributed by atoms with Crippen LogP contribution in [0.3, 0.4) is 0 Å². The third-order valence-corrected chi connectivity index (χ3v) is 5.59. The summed E-state index contributed by atoms with van der Waals surface area (Å²) in [6.07, 6.45) is 1.50. The molecule has 4 aromatic rings. The first kappa shape index (κ1) is 18.4. The molecule has 0 aliphatic carbocycles. The maximum atomic E-state index is 13.1. The fourth-order valence-corrected chi connectivity index (χ4v) is 4.01. The molecule has 0 unspecified atom stereocenters. The van der Waals surface area contributed by atoms with Gasteiger partial charge in [0, 0.05) is 30.1 Å². The van der Waals surface area contributed by atoms with Gasteiger partial charge in [-0.25, -0.2) is 4.68 Å². The molecule has 0 bridgehead atoms. The molecule has 30 heavy (non-hydrogen) atoms. The Balaban J connectivity index is 1.33. The zero-order valence-corrected chi connectivity index (χ0v) is 16.3. The molecular formula is C23H21N5O2. The topological polar surface area (TPSA) is 84.1 Å². The zero-order chi connectivity index (χ0) is 20.5. The maximum absolute atomic E-state index is 13.1. The number of aliphatic hydroxyl groups is 1. The first-order valence-electron chi connectivity index (χ1n) is 9.97. The predicted molar refractivity (Wildman–Crippen MR) is 112 cm³/mol. The van der Waals surface area contributed by atoms with E-state index >= 15 is 0 Å². The summed E-state index contributed by atoms with van der Waals surface area (Å²) >= 11 is 0. The maximum Gasteiger partial charge on any atom is 0.274 e. The number of β-amino-alcohol motifs (C(OH)–C–C–N with tert-alkyl or cyclic N) is 1. The van der Waals surface area contributed by atoms with Gasteiger partial charge >= 0.3 is 0 Å². The Morgan fingerprint density at radius 2 is 1.80 bits per heavy atom. The van der Waals surface area contributed by atoms with E-state index in [1.54, 1.807) is 4.90 Å². The van der Waals surface area contributed by atoms with Crippen LogP contribution in [-0.4, -0.2) is 55.1 Å². The van der Waals surface area contributed by atoms with Gasteiger partial charge in [0.1, 0.15) is 0 Å². The summed E-state index contributed by atoms with van der Waals surface area (Å²) < 4.78 is 1.53. The molecule has 2 aromatic heterocycles. The van der Waals surface area contributed by atoms with Crippen LogP contribution in [0.25, 0.3) is 16.6 Å². The van der Waals surface area contributed by atoms with Gasteiger partial charge in [-0.05, 0) is 30.7 Å². The van der Waals surface area contributed by atoms with Crippen LogP contribution in [0.2, 0.25) is 0 Å². The van der Waals surface area contributed by atoms with E-state index < -0.39 is 6.10 Å². The Hall–Kier alpha value is -3.58. The molecule has 0 radical (unpaired) electrons. The first-order valence-corrected chi connectivity index (χ1v) is 9.97. The number of hydrogen-bond donors (Lipinski definition) is 1. The van der Waals surface area contributed by atoms with Crippen molar-refractivity contribution in [2.45, 2.75) is 12.5 Å². The lowest BCUT2D eigenvalue weighted by Crippen LogP contribution is -2.31. The highest BCUT2D eigenvalue weighted by molar-refractivity contribution is 5.93. The number of aliphatic hydroxyl groups excluding tert-OH is 1. The minimum absolute atomic E-state index is 0.0660. The lowest BCUT2D eigenvalue weighted by Gasteiger charge is -2.16. The quantitative estimate of drug-likeness (QED) is 0.570. The van der Waals surface area contributed by atoms with Crippen molar-refractivity contribution in [2.75, 3.05) is 13.1 Å². The highest BCUT2D eigenvalue weighted by Gasteiger charge is 2.36. The van der Waals surface area contributed by atoms with Crippen LogP contribution in [0.5, 0.6) is 0 Å². The summed E-state index contributed by atoms with van der Waals surface area (Å²) in [6.45, 7) is 0.755. The molecule has 2 aromatic carbocycles. The normalized spacial score (nSPS) is 18.8. The number of hydrogen-bond acceptors (Lipinski definition) is 5. The molecule has 1 amide bonds. The molecule has 7 heteroatoms. The second kappa shape index (κ2) is 7.68. The molecule has 0 saturated carbocycles. The minimum Gasteiger partial charge on any atom is -0.391 e. The number of rotatable bonds is 4. The van der Waals surface area contributed by atoms with Crippen molar-refractivity contribution in [1.29, 1.82) is 0 Å². The van der Waals surface area contributed by atoms with Crippen LogP contribution < -0.4 is 0 Å². The lowest BCUT2D eigenvalue weighted by molar-refractivity contribution is 0.0755. The van der Waals surface area contributed by atoms with Gasteiger partial charge in [-0.2, -0.15) is 0 Å². The highest BCUT2D eigenvalue weighted by atomic mass is 16.3. The Kier molecular flexibility index (Phi) is 4.72. The standard InChI is InChI=1S/C23H21N5O2/c29-22-15-27(23(30)21-13-24-26-28(21)19-7-2-1-3-8-19)14-17(22)12-18-11-10-16-6-4-5-9-20(16)25-18/h1-11,13,17,22,29H,12,14-15H2/t17-,22-/m1/s1. The van der Waals surface area contributed by atoms with Crippen LogP contribution >= 0.6 is 0 Å². The molecule has 0 spiro atoms. The summed E-state index contributed by atoms with van der Waals surface area (Å²) in [5.74, 6) is -0.249. The highest BCUT2D eigenvalue weighted by Crippen LogP contribution is 2.24. The number of nitrogens with zero attached hydrogens (tertiary/aromatic N) is 5. The summed E-state index contributed by atoms with van der Waals surface area (Å²) in [5.41, 5.74) is 3.02. The molecule has 7 nitrogen and oxygen atoms in total. The van der Waals surface area contributed by atoms with Crippen molar-refractivity contribution in [1.82, 2.24) is 24.9 Å². The van der Waals surface area contributed by atoms with Crippen molar-refractivity contribution in [2.24, 2.45) is 5.92 Å².